The lowest BCUT2D eigenvalue weighted by molar-refractivity contribution is -0.139. The topological polar surface area (TPSA) is 66.4 Å². The molecule has 0 saturated carbocycles. The number of ketones is 1. The number of benzene rings is 1. The predicted molar refractivity (Wildman–Crippen MR) is 71.5 cm³/mol. The van der Waals surface area contributed by atoms with Gasteiger partial charge in [-0.05, 0) is 37.1 Å². The quantitative estimate of drug-likeness (QED) is 0.630. The van der Waals surface area contributed by atoms with Crippen molar-refractivity contribution in [2.75, 3.05) is 5.32 Å². The second kappa shape index (κ2) is 4.23. The number of carbonyl (C=O) groups is 2. The first kappa shape index (κ1) is 12.0. The van der Waals surface area contributed by atoms with Gasteiger partial charge in [0, 0.05) is 23.1 Å². The number of carboxylic acids is 1. The van der Waals surface area contributed by atoms with Crippen LogP contribution < -0.4 is 5.32 Å². The highest BCUT2D eigenvalue weighted by atomic mass is 16.4. The predicted octanol–water partition coefficient (Wildman–Crippen LogP) is 2.43. The molecule has 1 aromatic carbocycles. The first-order valence-electron chi connectivity index (χ1n) is 6.39. The van der Waals surface area contributed by atoms with E-state index in [4.69, 9.17) is 0 Å². The van der Waals surface area contributed by atoms with E-state index in [0.29, 0.717) is 5.56 Å². The molecule has 98 valence electrons. The van der Waals surface area contributed by atoms with Gasteiger partial charge in [0.25, 0.3) is 0 Å². The van der Waals surface area contributed by atoms with Crippen molar-refractivity contribution in [2.24, 2.45) is 5.92 Å². The third-order valence-electron chi connectivity index (χ3n) is 4.04. The van der Waals surface area contributed by atoms with Gasteiger partial charge in [-0.15, -0.1) is 0 Å². The Morgan fingerprint density at radius 3 is 2.84 bits per heavy atom. The van der Waals surface area contributed by atoms with E-state index in [2.05, 4.69) is 11.4 Å². The van der Waals surface area contributed by atoms with Crippen LogP contribution in [-0.4, -0.2) is 22.9 Å². The van der Waals surface area contributed by atoms with Crippen LogP contribution in [0.15, 0.2) is 30.4 Å². The molecule has 2 aliphatic rings. The van der Waals surface area contributed by atoms with Crippen LogP contribution in [0, 0.1) is 5.92 Å². The summed E-state index contributed by atoms with van der Waals surface area (Å²) in [7, 11) is 0. The van der Waals surface area contributed by atoms with Crippen LogP contribution >= 0.6 is 0 Å². The maximum Gasteiger partial charge on any atom is 0.326 e. The minimum Gasteiger partial charge on any atom is -0.480 e. The normalized spacial score (nSPS) is 27.3. The average Bonchev–Trinajstić information content (AvgIpc) is 2.86. The van der Waals surface area contributed by atoms with Crippen LogP contribution in [0.5, 0.6) is 0 Å². The van der Waals surface area contributed by atoms with E-state index in [1.807, 2.05) is 18.2 Å². The molecule has 0 aromatic heterocycles. The first-order valence-corrected chi connectivity index (χ1v) is 6.39. The lowest BCUT2D eigenvalue weighted by Crippen LogP contribution is -2.41. The van der Waals surface area contributed by atoms with Crippen molar-refractivity contribution in [3.05, 3.63) is 41.5 Å². The molecule has 4 heteroatoms. The number of hydrogen-bond acceptors (Lipinski definition) is 3. The van der Waals surface area contributed by atoms with E-state index >= 15 is 0 Å². The molecule has 1 aromatic rings. The molecule has 1 aliphatic carbocycles. The largest absolute Gasteiger partial charge is 0.480 e. The highest BCUT2D eigenvalue weighted by Gasteiger charge is 2.40. The number of aliphatic carboxylic acids is 1. The third-order valence-corrected chi connectivity index (χ3v) is 4.04. The van der Waals surface area contributed by atoms with E-state index in [1.54, 1.807) is 13.0 Å². The monoisotopic (exact) mass is 257 g/mol. The molecule has 0 spiro atoms. The summed E-state index contributed by atoms with van der Waals surface area (Å²) in [5, 5.41) is 12.4. The highest BCUT2D eigenvalue weighted by molar-refractivity contribution is 5.95. The van der Waals surface area contributed by atoms with Gasteiger partial charge in [-0.2, -0.15) is 0 Å². The van der Waals surface area contributed by atoms with Gasteiger partial charge in [-0.1, -0.05) is 12.2 Å². The van der Waals surface area contributed by atoms with Gasteiger partial charge >= 0.3 is 5.97 Å². The molecule has 2 N–H and O–H groups in total. The van der Waals surface area contributed by atoms with Crippen LogP contribution in [0.2, 0.25) is 0 Å². The summed E-state index contributed by atoms with van der Waals surface area (Å²) in [6.45, 7) is 1.54. The molecule has 1 aliphatic heterocycles. The van der Waals surface area contributed by atoms with Crippen molar-refractivity contribution >= 4 is 17.4 Å². The Morgan fingerprint density at radius 1 is 1.37 bits per heavy atom. The number of hydrogen-bond donors (Lipinski definition) is 2. The zero-order valence-corrected chi connectivity index (χ0v) is 10.6. The summed E-state index contributed by atoms with van der Waals surface area (Å²) >= 11 is 0. The minimum atomic E-state index is -0.819. The van der Waals surface area contributed by atoms with E-state index in [-0.39, 0.29) is 17.6 Å². The molecular formula is C15H15NO3. The number of carbonyl (C=O) groups excluding carboxylic acids is 1. The second-order valence-corrected chi connectivity index (χ2v) is 5.17. The number of rotatable bonds is 2. The van der Waals surface area contributed by atoms with Crippen molar-refractivity contribution in [1.29, 1.82) is 0 Å². The van der Waals surface area contributed by atoms with Crippen LogP contribution in [0.4, 0.5) is 5.69 Å². The molecule has 0 unspecified atom stereocenters. The van der Waals surface area contributed by atoms with Crippen LogP contribution in [-0.2, 0) is 4.79 Å². The average molecular weight is 257 g/mol. The van der Waals surface area contributed by atoms with Crippen molar-refractivity contribution < 1.29 is 14.7 Å². The van der Waals surface area contributed by atoms with E-state index in [9.17, 15) is 14.7 Å². The van der Waals surface area contributed by atoms with Gasteiger partial charge in [0.1, 0.15) is 6.04 Å². The Kier molecular flexibility index (Phi) is 2.66. The lowest BCUT2D eigenvalue weighted by Gasteiger charge is -2.34. The maximum atomic E-state index is 11.5. The van der Waals surface area contributed by atoms with Gasteiger partial charge in [-0.3, -0.25) is 4.79 Å². The summed E-state index contributed by atoms with van der Waals surface area (Å²) in [6.07, 6.45) is 4.85. The SMILES string of the molecule is CC(=O)c1ccc2c(c1)[C@H]1C=CC[C@H]1[C@@H](C(=O)O)N2. The number of carboxylic acid groups (broad SMARTS) is 1. The molecule has 0 saturated heterocycles. The number of fused-ring (bicyclic) bond motifs is 3. The van der Waals surface area contributed by atoms with E-state index in [1.165, 1.54) is 0 Å². The number of allylic oxidation sites excluding steroid dienone is 2. The summed E-state index contributed by atoms with van der Waals surface area (Å²) in [5.41, 5.74) is 2.53. The summed E-state index contributed by atoms with van der Waals surface area (Å²) < 4.78 is 0. The fourth-order valence-electron chi connectivity index (χ4n) is 3.06. The summed E-state index contributed by atoms with van der Waals surface area (Å²) in [5.74, 6) is -0.662. The molecular weight excluding hydrogens is 242 g/mol. The molecule has 3 rings (SSSR count). The molecule has 1 heterocycles. The zero-order chi connectivity index (χ0) is 13.6. The van der Waals surface area contributed by atoms with Gasteiger partial charge in [0.15, 0.2) is 5.78 Å². The summed E-state index contributed by atoms with van der Waals surface area (Å²) in [6, 6.07) is 4.88. The maximum absolute atomic E-state index is 11.5. The Bertz CT molecular complexity index is 591. The minimum absolute atomic E-state index is 0.0293. The molecule has 0 bridgehead atoms. The molecule has 0 radical (unpaired) electrons. The highest BCUT2D eigenvalue weighted by Crippen LogP contribution is 2.44. The van der Waals surface area contributed by atoms with Crippen LogP contribution in [0.25, 0.3) is 0 Å². The number of anilines is 1. The van der Waals surface area contributed by atoms with Gasteiger partial charge < -0.3 is 10.4 Å². The van der Waals surface area contributed by atoms with Crippen molar-refractivity contribution in [3.8, 4) is 0 Å². The lowest BCUT2D eigenvalue weighted by atomic mass is 9.79. The van der Waals surface area contributed by atoms with E-state index in [0.717, 1.165) is 17.7 Å². The molecule has 0 fully saturated rings. The Labute approximate surface area is 111 Å². The molecule has 3 atom stereocenters. The number of Topliss-reactive ketones (excluding diaryl/α,β-unsaturated/α-hetero) is 1. The molecule has 0 amide bonds. The van der Waals surface area contributed by atoms with Crippen LogP contribution in [0.1, 0.15) is 35.2 Å². The van der Waals surface area contributed by atoms with Gasteiger partial charge in [0.05, 0.1) is 0 Å². The fraction of sp³-hybridized carbons (Fsp3) is 0.333. The second-order valence-electron chi connectivity index (χ2n) is 5.17. The third kappa shape index (κ3) is 1.84. The Balaban J connectivity index is 2.08. The van der Waals surface area contributed by atoms with Crippen molar-refractivity contribution in [2.45, 2.75) is 25.3 Å². The van der Waals surface area contributed by atoms with Gasteiger partial charge in [0.2, 0.25) is 0 Å². The Morgan fingerprint density at radius 2 is 2.16 bits per heavy atom. The standard InChI is InChI=1S/C15H15NO3/c1-8(17)9-5-6-13-12(7-9)10-3-2-4-11(10)14(16-13)15(18)19/h2-3,5-7,10-11,14,16H,4H2,1H3,(H,18,19)/t10-,11+,14-/m0/s1. The fourth-order valence-corrected chi connectivity index (χ4v) is 3.06. The number of nitrogens with one attached hydrogen (secondary N) is 1. The van der Waals surface area contributed by atoms with Crippen molar-refractivity contribution in [1.82, 2.24) is 0 Å². The smallest absolute Gasteiger partial charge is 0.326 e. The zero-order valence-electron chi connectivity index (χ0n) is 10.6. The molecule has 19 heavy (non-hydrogen) atoms. The molecule has 4 nitrogen and oxygen atoms in total. The Hall–Kier alpha value is -2.10. The van der Waals surface area contributed by atoms with Gasteiger partial charge in [-0.25, -0.2) is 4.79 Å². The van der Waals surface area contributed by atoms with E-state index < -0.39 is 12.0 Å². The van der Waals surface area contributed by atoms with Crippen molar-refractivity contribution in [3.63, 3.8) is 0 Å². The van der Waals surface area contributed by atoms with Crippen LogP contribution in [0.3, 0.4) is 0 Å². The first-order chi connectivity index (χ1) is 9.08. The summed E-state index contributed by atoms with van der Waals surface area (Å²) in [4.78, 5) is 22.8.